The maximum absolute atomic E-state index is 12.8. The SMILES string of the molecule is O=C1[C@H]2C(c3ccccc3Cl)=NO[C@H]2C(=O)N1c1ccc(Cl)cc1. The fourth-order valence-electron chi connectivity index (χ4n) is 2.91. The maximum Gasteiger partial charge on any atom is 0.278 e. The second-order valence-corrected chi connectivity index (χ2v) is 6.29. The molecule has 0 aliphatic carbocycles. The monoisotopic (exact) mass is 360 g/mol. The van der Waals surface area contributed by atoms with Crippen molar-refractivity contribution in [1.29, 1.82) is 0 Å². The van der Waals surface area contributed by atoms with Crippen LogP contribution in [0.4, 0.5) is 5.69 Å². The van der Waals surface area contributed by atoms with Crippen LogP contribution in [0.15, 0.2) is 53.7 Å². The van der Waals surface area contributed by atoms with Gasteiger partial charge in [-0.15, -0.1) is 0 Å². The molecule has 2 atom stereocenters. The molecule has 0 N–H and O–H groups in total. The lowest BCUT2D eigenvalue weighted by Crippen LogP contribution is -2.33. The van der Waals surface area contributed by atoms with E-state index in [1.54, 1.807) is 48.5 Å². The van der Waals surface area contributed by atoms with Crippen molar-refractivity contribution in [3.8, 4) is 0 Å². The predicted octanol–water partition coefficient (Wildman–Crippen LogP) is 3.29. The molecule has 0 aromatic heterocycles. The van der Waals surface area contributed by atoms with Gasteiger partial charge in [-0.3, -0.25) is 9.59 Å². The molecule has 1 fully saturated rings. The van der Waals surface area contributed by atoms with Crippen molar-refractivity contribution in [2.45, 2.75) is 6.10 Å². The highest BCUT2D eigenvalue weighted by Gasteiger charge is 2.56. The molecule has 120 valence electrons. The molecule has 0 spiro atoms. The third-order valence-corrected chi connectivity index (χ3v) is 4.63. The molecule has 4 rings (SSSR count). The normalized spacial score (nSPS) is 22.4. The maximum atomic E-state index is 12.8. The zero-order valence-corrected chi connectivity index (χ0v) is 13.7. The molecule has 0 unspecified atom stereocenters. The van der Waals surface area contributed by atoms with Crippen molar-refractivity contribution >= 4 is 46.4 Å². The van der Waals surface area contributed by atoms with Crippen molar-refractivity contribution in [3.05, 3.63) is 64.1 Å². The van der Waals surface area contributed by atoms with Crippen LogP contribution in [-0.2, 0) is 14.4 Å². The number of carbonyl (C=O) groups excluding carboxylic acids is 2. The molecule has 2 aromatic rings. The Labute approximate surface area is 147 Å². The Hall–Kier alpha value is -2.37. The van der Waals surface area contributed by atoms with Crippen LogP contribution in [-0.4, -0.2) is 23.6 Å². The van der Waals surface area contributed by atoms with Crippen LogP contribution < -0.4 is 4.90 Å². The van der Waals surface area contributed by atoms with E-state index in [9.17, 15) is 9.59 Å². The number of anilines is 1. The molecule has 0 radical (unpaired) electrons. The standard InChI is InChI=1S/C17H10Cl2N2O3/c18-9-5-7-10(8-6-9)21-16(22)13-14(20-24-15(13)17(21)23)11-3-1-2-4-12(11)19/h1-8,13,15H/t13-,15+/m0/s1. The first-order valence-electron chi connectivity index (χ1n) is 7.20. The van der Waals surface area contributed by atoms with E-state index in [1.165, 1.54) is 0 Å². The largest absolute Gasteiger partial charge is 0.381 e. The van der Waals surface area contributed by atoms with Crippen molar-refractivity contribution in [2.75, 3.05) is 4.90 Å². The minimum Gasteiger partial charge on any atom is -0.381 e. The molecule has 7 heteroatoms. The minimum atomic E-state index is -0.959. The molecular weight excluding hydrogens is 351 g/mol. The molecule has 5 nitrogen and oxygen atoms in total. The van der Waals surface area contributed by atoms with Gasteiger partial charge < -0.3 is 4.84 Å². The van der Waals surface area contributed by atoms with Crippen LogP contribution in [0.2, 0.25) is 10.0 Å². The Bertz CT molecular complexity index is 880. The van der Waals surface area contributed by atoms with Gasteiger partial charge in [-0.1, -0.05) is 46.6 Å². The van der Waals surface area contributed by atoms with Gasteiger partial charge in [0.2, 0.25) is 12.0 Å². The van der Waals surface area contributed by atoms with Crippen molar-refractivity contribution in [1.82, 2.24) is 0 Å². The predicted molar refractivity (Wildman–Crippen MR) is 90.3 cm³/mol. The molecule has 2 amide bonds. The summed E-state index contributed by atoms with van der Waals surface area (Å²) in [6, 6.07) is 13.5. The minimum absolute atomic E-state index is 0.375. The summed E-state index contributed by atoms with van der Waals surface area (Å²) >= 11 is 12.0. The van der Waals surface area contributed by atoms with E-state index >= 15 is 0 Å². The van der Waals surface area contributed by atoms with E-state index < -0.39 is 17.9 Å². The summed E-state index contributed by atoms with van der Waals surface area (Å²) in [5.41, 5.74) is 1.41. The van der Waals surface area contributed by atoms with Gasteiger partial charge in [-0.25, -0.2) is 4.90 Å². The molecule has 2 aliphatic rings. The number of benzene rings is 2. The number of nitrogens with zero attached hydrogens (tertiary/aromatic N) is 2. The number of hydrogen-bond acceptors (Lipinski definition) is 4. The van der Waals surface area contributed by atoms with Crippen LogP contribution in [0.5, 0.6) is 0 Å². The number of halogens is 2. The molecule has 0 bridgehead atoms. The Morgan fingerprint density at radius 1 is 0.958 bits per heavy atom. The van der Waals surface area contributed by atoms with E-state index in [2.05, 4.69) is 5.16 Å². The van der Waals surface area contributed by atoms with Crippen molar-refractivity contribution < 1.29 is 14.4 Å². The Morgan fingerprint density at radius 2 is 1.67 bits per heavy atom. The average Bonchev–Trinajstić information content (AvgIpc) is 3.10. The highest BCUT2D eigenvalue weighted by atomic mass is 35.5. The highest BCUT2D eigenvalue weighted by molar-refractivity contribution is 6.38. The summed E-state index contributed by atoms with van der Waals surface area (Å²) in [5, 5.41) is 4.91. The number of fused-ring (bicyclic) bond motifs is 1. The average molecular weight is 361 g/mol. The molecule has 24 heavy (non-hydrogen) atoms. The zero-order chi connectivity index (χ0) is 16.8. The third kappa shape index (κ3) is 2.20. The lowest BCUT2D eigenvalue weighted by molar-refractivity contribution is -0.126. The summed E-state index contributed by atoms with van der Waals surface area (Å²) in [6.45, 7) is 0. The van der Waals surface area contributed by atoms with Crippen molar-refractivity contribution in [2.24, 2.45) is 11.1 Å². The first-order valence-corrected chi connectivity index (χ1v) is 7.95. The molecular formula is C17H10Cl2N2O3. The summed E-state index contributed by atoms with van der Waals surface area (Å²) < 4.78 is 0. The number of carbonyl (C=O) groups is 2. The Morgan fingerprint density at radius 3 is 2.38 bits per heavy atom. The van der Waals surface area contributed by atoms with E-state index in [-0.39, 0.29) is 5.91 Å². The zero-order valence-electron chi connectivity index (χ0n) is 12.1. The Kier molecular flexibility index (Phi) is 3.55. The lowest BCUT2D eigenvalue weighted by atomic mass is 9.94. The number of rotatable bonds is 2. The van der Waals surface area contributed by atoms with Gasteiger partial charge in [0, 0.05) is 15.6 Å². The van der Waals surface area contributed by atoms with Crippen molar-refractivity contribution in [3.63, 3.8) is 0 Å². The van der Waals surface area contributed by atoms with Gasteiger partial charge in [0.25, 0.3) is 5.91 Å². The molecule has 1 saturated heterocycles. The van der Waals surface area contributed by atoms with E-state index in [0.29, 0.717) is 27.0 Å². The molecule has 0 saturated carbocycles. The number of oxime groups is 1. The number of amides is 2. The number of hydrogen-bond donors (Lipinski definition) is 0. The van der Waals surface area contributed by atoms with E-state index in [4.69, 9.17) is 28.0 Å². The second-order valence-electron chi connectivity index (χ2n) is 5.45. The van der Waals surface area contributed by atoms with Crippen LogP contribution in [0.1, 0.15) is 5.56 Å². The summed E-state index contributed by atoms with van der Waals surface area (Å²) in [4.78, 5) is 31.8. The molecule has 2 aromatic carbocycles. The lowest BCUT2D eigenvalue weighted by Gasteiger charge is -2.15. The van der Waals surface area contributed by atoms with Gasteiger partial charge in [0.15, 0.2) is 0 Å². The summed E-state index contributed by atoms with van der Waals surface area (Å²) in [6.07, 6.45) is -0.959. The molecule has 2 aliphatic heterocycles. The fraction of sp³-hybridized carbons (Fsp3) is 0.118. The van der Waals surface area contributed by atoms with Crippen LogP contribution in [0.25, 0.3) is 0 Å². The molecule has 2 heterocycles. The first kappa shape index (κ1) is 15.2. The summed E-state index contributed by atoms with van der Waals surface area (Å²) in [7, 11) is 0. The van der Waals surface area contributed by atoms with Gasteiger partial charge in [0.1, 0.15) is 11.6 Å². The summed E-state index contributed by atoms with van der Waals surface area (Å²) in [5.74, 6) is -1.63. The fourth-order valence-corrected chi connectivity index (χ4v) is 3.27. The topological polar surface area (TPSA) is 59.0 Å². The first-order chi connectivity index (χ1) is 11.6. The van der Waals surface area contributed by atoms with Gasteiger partial charge >= 0.3 is 0 Å². The quantitative estimate of drug-likeness (QED) is 0.772. The van der Waals surface area contributed by atoms with Gasteiger partial charge in [0.05, 0.1) is 5.69 Å². The van der Waals surface area contributed by atoms with Crippen LogP contribution >= 0.6 is 23.2 Å². The van der Waals surface area contributed by atoms with Crippen LogP contribution in [0, 0.1) is 5.92 Å². The van der Waals surface area contributed by atoms with E-state index in [1.807, 2.05) is 0 Å². The Balaban J connectivity index is 1.73. The second kappa shape index (κ2) is 5.61. The third-order valence-electron chi connectivity index (χ3n) is 4.05. The van der Waals surface area contributed by atoms with Gasteiger partial charge in [-0.05, 0) is 30.3 Å². The number of imide groups is 1. The van der Waals surface area contributed by atoms with Crippen LogP contribution in [0.3, 0.4) is 0 Å². The van der Waals surface area contributed by atoms with E-state index in [0.717, 1.165) is 4.90 Å². The smallest absolute Gasteiger partial charge is 0.278 e. The highest BCUT2D eigenvalue weighted by Crippen LogP contribution is 2.36. The van der Waals surface area contributed by atoms with Gasteiger partial charge in [-0.2, -0.15) is 0 Å².